The largest absolute Gasteiger partial charge is 0.494 e. The van der Waals surface area contributed by atoms with Crippen LogP contribution in [0, 0.1) is 11.7 Å². The molecule has 4 rings (SSSR count). The van der Waals surface area contributed by atoms with Gasteiger partial charge in [-0.15, -0.1) is 0 Å². The number of methoxy groups -OCH3 is 1. The van der Waals surface area contributed by atoms with Crippen LogP contribution in [0.1, 0.15) is 18.9 Å². The topological polar surface area (TPSA) is 79.0 Å². The standard InChI is InChI=1S/C22H22FN3O4/c1-13(27)25-8-7-14-9-17(4-5-19(14)25)26-12-15(10-21(26)28)22(29)24-16-3-6-20(30-2)18(23)11-16/h3-6,9,11,15H,7-8,10,12H2,1-2H3,(H,24,29). The number of halogens is 1. The van der Waals surface area contributed by atoms with Crippen molar-refractivity contribution >= 4 is 34.8 Å². The van der Waals surface area contributed by atoms with Crippen molar-refractivity contribution < 1.29 is 23.5 Å². The molecule has 0 radical (unpaired) electrons. The lowest BCUT2D eigenvalue weighted by Gasteiger charge is -2.19. The Morgan fingerprint density at radius 2 is 2.00 bits per heavy atom. The van der Waals surface area contributed by atoms with E-state index in [4.69, 9.17) is 4.74 Å². The molecule has 0 spiro atoms. The second-order valence-electron chi connectivity index (χ2n) is 7.48. The van der Waals surface area contributed by atoms with Crippen LogP contribution in [0.3, 0.4) is 0 Å². The summed E-state index contributed by atoms with van der Waals surface area (Å²) in [5, 5.41) is 2.67. The van der Waals surface area contributed by atoms with E-state index in [-0.39, 0.29) is 36.4 Å². The molecule has 1 N–H and O–H groups in total. The zero-order valence-electron chi connectivity index (χ0n) is 16.8. The number of fused-ring (bicyclic) bond motifs is 1. The third-order valence-electron chi connectivity index (χ3n) is 5.57. The zero-order valence-corrected chi connectivity index (χ0v) is 16.8. The molecule has 2 aromatic rings. The highest BCUT2D eigenvalue weighted by Crippen LogP contribution is 2.34. The number of carbonyl (C=O) groups is 3. The molecule has 1 fully saturated rings. The summed E-state index contributed by atoms with van der Waals surface area (Å²) in [6.07, 6.45) is 0.818. The first kappa shape index (κ1) is 19.9. The van der Waals surface area contributed by atoms with Crippen molar-refractivity contribution in [3.8, 4) is 5.75 Å². The Hall–Kier alpha value is -3.42. The molecule has 2 heterocycles. The van der Waals surface area contributed by atoms with Crippen molar-refractivity contribution in [1.29, 1.82) is 0 Å². The van der Waals surface area contributed by atoms with Crippen LogP contribution in [-0.2, 0) is 20.8 Å². The van der Waals surface area contributed by atoms with Gasteiger partial charge < -0.3 is 19.9 Å². The maximum Gasteiger partial charge on any atom is 0.229 e. The minimum Gasteiger partial charge on any atom is -0.494 e. The number of nitrogens with zero attached hydrogens (tertiary/aromatic N) is 2. The van der Waals surface area contributed by atoms with Gasteiger partial charge in [0.05, 0.1) is 13.0 Å². The van der Waals surface area contributed by atoms with Gasteiger partial charge >= 0.3 is 0 Å². The van der Waals surface area contributed by atoms with E-state index in [1.807, 2.05) is 12.1 Å². The maximum absolute atomic E-state index is 13.8. The summed E-state index contributed by atoms with van der Waals surface area (Å²) in [4.78, 5) is 40.2. The van der Waals surface area contributed by atoms with Crippen LogP contribution in [0.4, 0.5) is 21.5 Å². The Balaban J connectivity index is 1.46. The molecule has 0 aliphatic carbocycles. The van der Waals surface area contributed by atoms with Crippen LogP contribution < -0.4 is 19.9 Å². The molecule has 0 bridgehead atoms. The van der Waals surface area contributed by atoms with Gasteiger partial charge in [0.2, 0.25) is 17.7 Å². The molecular formula is C22H22FN3O4. The van der Waals surface area contributed by atoms with Crippen molar-refractivity contribution in [2.24, 2.45) is 5.92 Å². The van der Waals surface area contributed by atoms with Crippen LogP contribution in [0.15, 0.2) is 36.4 Å². The summed E-state index contributed by atoms with van der Waals surface area (Å²) in [5.74, 6) is -1.50. The van der Waals surface area contributed by atoms with Crippen molar-refractivity contribution in [2.45, 2.75) is 19.8 Å². The second-order valence-corrected chi connectivity index (χ2v) is 7.48. The van der Waals surface area contributed by atoms with Gasteiger partial charge in [0.15, 0.2) is 11.6 Å². The molecule has 8 heteroatoms. The Morgan fingerprint density at radius 1 is 1.20 bits per heavy atom. The lowest BCUT2D eigenvalue weighted by molar-refractivity contribution is -0.122. The molecule has 0 saturated carbocycles. The molecule has 1 unspecified atom stereocenters. The number of carbonyl (C=O) groups excluding carboxylic acids is 3. The molecule has 1 atom stereocenters. The fourth-order valence-corrected chi connectivity index (χ4v) is 4.00. The van der Waals surface area contributed by atoms with E-state index in [1.165, 1.54) is 26.2 Å². The number of hydrogen-bond acceptors (Lipinski definition) is 4. The second kappa shape index (κ2) is 7.78. The van der Waals surface area contributed by atoms with Gasteiger partial charge in [-0.3, -0.25) is 14.4 Å². The molecule has 1 saturated heterocycles. The van der Waals surface area contributed by atoms with Gasteiger partial charge in [0, 0.05) is 49.6 Å². The molecule has 7 nitrogen and oxygen atoms in total. The minimum absolute atomic E-state index is 0.00884. The number of hydrogen-bond donors (Lipinski definition) is 1. The van der Waals surface area contributed by atoms with Crippen molar-refractivity contribution in [3.05, 3.63) is 47.8 Å². The third-order valence-corrected chi connectivity index (χ3v) is 5.57. The summed E-state index contributed by atoms with van der Waals surface area (Å²) in [5.41, 5.74) is 2.91. The number of nitrogens with one attached hydrogen (secondary N) is 1. The van der Waals surface area contributed by atoms with Crippen molar-refractivity contribution in [2.75, 3.05) is 35.3 Å². The first-order valence-corrected chi connectivity index (χ1v) is 9.73. The Kier molecular flexibility index (Phi) is 5.15. The first-order chi connectivity index (χ1) is 14.4. The third kappa shape index (κ3) is 3.60. The molecule has 0 aromatic heterocycles. The molecule has 3 amide bonds. The van der Waals surface area contributed by atoms with Gasteiger partial charge in [-0.05, 0) is 42.3 Å². The normalized spacial score (nSPS) is 17.8. The molecule has 2 aromatic carbocycles. The molecule has 2 aliphatic rings. The molecule has 2 aliphatic heterocycles. The van der Waals surface area contributed by atoms with E-state index >= 15 is 0 Å². The average Bonchev–Trinajstić information content (AvgIpc) is 3.31. The lowest BCUT2D eigenvalue weighted by atomic mass is 10.1. The van der Waals surface area contributed by atoms with E-state index in [0.29, 0.717) is 12.2 Å². The van der Waals surface area contributed by atoms with E-state index in [0.717, 1.165) is 23.4 Å². The molecule has 30 heavy (non-hydrogen) atoms. The maximum atomic E-state index is 13.8. The lowest BCUT2D eigenvalue weighted by Crippen LogP contribution is -2.28. The van der Waals surface area contributed by atoms with Crippen LogP contribution in [0.25, 0.3) is 0 Å². The number of anilines is 3. The number of rotatable bonds is 4. The monoisotopic (exact) mass is 411 g/mol. The van der Waals surface area contributed by atoms with Gasteiger partial charge in [-0.2, -0.15) is 0 Å². The fraction of sp³-hybridized carbons (Fsp3) is 0.318. The van der Waals surface area contributed by atoms with E-state index in [1.54, 1.807) is 21.9 Å². The molecular weight excluding hydrogens is 389 g/mol. The predicted molar refractivity (Wildman–Crippen MR) is 110 cm³/mol. The Morgan fingerprint density at radius 3 is 2.70 bits per heavy atom. The summed E-state index contributed by atoms with van der Waals surface area (Å²) in [7, 11) is 1.37. The quantitative estimate of drug-likeness (QED) is 0.839. The van der Waals surface area contributed by atoms with E-state index < -0.39 is 11.7 Å². The van der Waals surface area contributed by atoms with Gasteiger partial charge in [0.25, 0.3) is 0 Å². The highest BCUT2D eigenvalue weighted by molar-refractivity contribution is 6.04. The fourth-order valence-electron chi connectivity index (χ4n) is 4.00. The highest BCUT2D eigenvalue weighted by Gasteiger charge is 2.36. The smallest absolute Gasteiger partial charge is 0.229 e. The summed E-state index contributed by atoms with van der Waals surface area (Å²) >= 11 is 0. The van der Waals surface area contributed by atoms with Crippen LogP contribution in [0.2, 0.25) is 0 Å². The summed E-state index contributed by atoms with van der Waals surface area (Å²) < 4.78 is 18.7. The van der Waals surface area contributed by atoms with Crippen molar-refractivity contribution in [1.82, 2.24) is 0 Å². The highest BCUT2D eigenvalue weighted by atomic mass is 19.1. The van der Waals surface area contributed by atoms with E-state index in [2.05, 4.69) is 5.32 Å². The van der Waals surface area contributed by atoms with Crippen molar-refractivity contribution in [3.63, 3.8) is 0 Å². The SMILES string of the molecule is COc1ccc(NC(=O)C2CC(=O)N(c3ccc4c(c3)CCN4C(C)=O)C2)cc1F. The van der Waals surface area contributed by atoms with Gasteiger partial charge in [-0.1, -0.05) is 0 Å². The number of amides is 3. The minimum atomic E-state index is -0.572. The number of ether oxygens (including phenoxy) is 1. The molecule has 156 valence electrons. The average molecular weight is 411 g/mol. The zero-order chi connectivity index (χ0) is 21.4. The van der Waals surface area contributed by atoms with E-state index in [9.17, 15) is 18.8 Å². The Bertz CT molecular complexity index is 1040. The summed E-state index contributed by atoms with van der Waals surface area (Å²) in [6, 6.07) is 9.74. The summed E-state index contributed by atoms with van der Waals surface area (Å²) in [6.45, 7) is 2.41. The number of benzene rings is 2. The van der Waals surface area contributed by atoms with Crippen LogP contribution >= 0.6 is 0 Å². The van der Waals surface area contributed by atoms with Gasteiger partial charge in [0.1, 0.15) is 0 Å². The Labute approximate surface area is 173 Å². The van der Waals surface area contributed by atoms with Gasteiger partial charge in [-0.25, -0.2) is 4.39 Å². The van der Waals surface area contributed by atoms with Crippen LogP contribution in [-0.4, -0.2) is 37.9 Å². The van der Waals surface area contributed by atoms with Crippen LogP contribution in [0.5, 0.6) is 5.75 Å². The first-order valence-electron chi connectivity index (χ1n) is 9.73. The predicted octanol–water partition coefficient (Wildman–Crippen LogP) is 2.73.